The van der Waals surface area contributed by atoms with Gasteiger partial charge in [0.2, 0.25) is 0 Å². The number of esters is 1. The Morgan fingerprint density at radius 1 is 1.29 bits per heavy atom. The van der Waals surface area contributed by atoms with Crippen molar-refractivity contribution in [2.24, 2.45) is 0 Å². The summed E-state index contributed by atoms with van der Waals surface area (Å²) in [5.74, 6) is 0.668. The molecule has 24 heavy (non-hydrogen) atoms. The molecule has 0 bridgehead atoms. The van der Waals surface area contributed by atoms with Crippen LogP contribution in [0, 0.1) is 0 Å². The van der Waals surface area contributed by atoms with Gasteiger partial charge in [0.15, 0.2) is 0 Å². The molecule has 7 nitrogen and oxygen atoms in total. The van der Waals surface area contributed by atoms with Gasteiger partial charge in [-0.25, -0.2) is 4.79 Å². The van der Waals surface area contributed by atoms with Gasteiger partial charge in [0.05, 0.1) is 19.4 Å². The molecule has 1 saturated heterocycles. The number of rotatable bonds is 9. The Balaban J connectivity index is 1.67. The number of methoxy groups -OCH3 is 1. The van der Waals surface area contributed by atoms with Crippen LogP contribution in [0.4, 0.5) is 4.79 Å². The van der Waals surface area contributed by atoms with Crippen molar-refractivity contribution >= 4 is 12.0 Å². The number of hydrogen-bond donors (Lipinski definition) is 2. The van der Waals surface area contributed by atoms with E-state index in [1.54, 1.807) is 6.26 Å². The van der Waals surface area contributed by atoms with Crippen LogP contribution in [0.15, 0.2) is 22.8 Å². The minimum absolute atomic E-state index is 0.0765. The zero-order valence-electron chi connectivity index (χ0n) is 14.3. The van der Waals surface area contributed by atoms with Crippen molar-refractivity contribution < 1.29 is 18.7 Å². The molecular formula is C17H27N3O4. The average molecular weight is 337 g/mol. The number of carbonyl (C=O) groups is 2. The van der Waals surface area contributed by atoms with Crippen LogP contribution in [0.3, 0.4) is 0 Å². The van der Waals surface area contributed by atoms with E-state index < -0.39 is 0 Å². The molecule has 2 rings (SSSR count). The van der Waals surface area contributed by atoms with Gasteiger partial charge in [0.1, 0.15) is 5.76 Å². The number of nitrogens with zero attached hydrogens (tertiary/aromatic N) is 1. The lowest BCUT2D eigenvalue weighted by atomic mass is 10.2. The Hall–Kier alpha value is -2.02. The number of unbranched alkanes of at least 4 members (excludes halogenated alkanes) is 1. The highest BCUT2D eigenvalue weighted by molar-refractivity contribution is 5.73. The van der Waals surface area contributed by atoms with Gasteiger partial charge in [0, 0.05) is 19.5 Å². The number of ether oxygens (including phenoxy) is 1. The Morgan fingerprint density at radius 3 is 2.75 bits per heavy atom. The fourth-order valence-electron chi connectivity index (χ4n) is 2.89. The van der Waals surface area contributed by atoms with Crippen LogP contribution in [-0.4, -0.2) is 50.2 Å². The molecule has 0 aliphatic carbocycles. The molecule has 1 aromatic heterocycles. The van der Waals surface area contributed by atoms with Crippen LogP contribution in [-0.2, 0) is 9.53 Å². The van der Waals surface area contributed by atoms with Crippen LogP contribution in [0.1, 0.15) is 43.9 Å². The van der Waals surface area contributed by atoms with E-state index in [4.69, 9.17) is 4.42 Å². The van der Waals surface area contributed by atoms with Crippen molar-refractivity contribution in [2.45, 2.75) is 38.1 Å². The third-order valence-corrected chi connectivity index (χ3v) is 4.23. The summed E-state index contributed by atoms with van der Waals surface area (Å²) in [5, 5.41) is 5.73. The highest BCUT2D eigenvalue weighted by atomic mass is 16.5. The van der Waals surface area contributed by atoms with Gasteiger partial charge in [-0.05, 0) is 50.9 Å². The second-order valence-electron chi connectivity index (χ2n) is 5.94. The number of nitrogens with one attached hydrogen (secondary N) is 2. The minimum Gasteiger partial charge on any atom is -0.469 e. The maximum Gasteiger partial charge on any atom is 0.314 e. The van der Waals surface area contributed by atoms with Gasteiger partial charge in [0.25, 0.3) is 0 Å². The number of amides is 2. The summed E-state index contributed by atoms with van der Waals surface area (Å²) in [7, 11) is 1.38. The Morgan fingerprint density at radius 2 is 2.08 bits per heavy atom. The molecule has 1 fully saturated rings. The van der Waals surface area contributed by atoms with Crippen LogP contribution >= 0.6 is 0 Å². The van der Waals surface area contributed by atoms with Crippen molar-refractivity contribution in [3.63, 3.8) is 0 Å². The third kappa shape index (κ3) is 5.88. The molecule has 0 aromatic carbocycles. The summed E-state index contributed by atoms with van der Waals surface area (Å²) in [6.45, 7) is 3.11. The van der Waals surface area contributed by atoms with E-state index in [1.807, 2.05) is 12.1 Å². The number of hydrogen-bond acceptors (Lipinski definition) is 5. The molecule has 1 aliphatic heterocycles. The lowest BCUT2D eigenvalue weighted by molar-refractivity contribution is -0.140. The first-order chi connectivity index (χ1) is 11.7. The summed E-state index contributed by atoms with van der Waals surface area (Å²) in [4.78, 5) is 25.3. The van der Waals surface area contributed by atoms with E-state index in [-0.39, 0.29) is 18.0 Å². The molecule has 7 heteroatoms. The maximum atomic E-state index is 11.9. The van der Waals surface area contributed by atoms with Gasteiger partial charge in [-0.2, -0.15) is 0 Å². The fraction of sp³-hybridized carbons (Fsp3) is 0.647. The zero-order chi connectivity index (χ0) is 17.2. The molecular weight excluding hydrogens is 310 g/mol. The van der Waals surface area contributed by atoms with Crippen LogP contribution in [0.5, 0.6) is 0 Å². The summed E-state index contributed by atoms with van der Waals surface area (Å²) in [6, 6.07) is 3.71. The van der Waals surface area contributed by atoms with Crippen molar-refractivity contribution in [1.82, 2.24) is 15.5 Å². The first-order valence-corrected chi connectivity index (χ1v) is 8.56. The number of urea groups is 1. The number of likely N-dealkylation sites (tertiary alicyclic amines) is 1. The van der Waals surface area contributed by atoms with Crippen molar-refractivity contribution in [3.8, 4) is 0 Å². The Bertz CT molecular complexity index is 498. The molecule has 2 amide bonds. The van der Waals surface area contributed by atoms with E-state index in [9.17, 15) is 9.59 Å². The van der Waals surface area contributed by atoms with Crippen LogP contribution in [0.25, 0.3) is 0 Å². The van der Waals surface area contributed by atoms with E-state index in [0.717, 1.165) is 25.3 Å². The maximum absolute atomic E-state index is 11.9. The predicted molar refractivity (Wildman–Crippen MR) is 89.5 cm³/mol. The largest absolute Gasteiger partial charge is 0.469 e. The lowest BCUT2D eigenvalue weighted by Crippen LogP contribution is -2.41. The molecule has 1 unspecified atom stereocenters. The predicted octanol–water partition coefficient (Wildman–Crippen LogP) is 2.06. The summed E-state index contributed by atoms with van der Waals surface area (Å²) >= 11 is 0. The highest BCUT2D eigenvalue weighted by Gasteiger charge is 2.25. The monoisotopic (exact) mass is 337 g/mol. The Labute approximate surface area is 142 Å². The molecule has 1 aromatic rings. The topological polar surface area (TPSA) is 83.8 Å². The normalized spacial score (nSPS) is 15.9. The molecule has 0 spiro atoms. The second kappa shape index (κ2) is 9.97. The molecule has 134 valence electrons. The van der Waals surface area contributed by atoms with Crippen LogP contribution < -0.4 is 10.6 Å². The molecule has 2 heterocycles. The second-order valence-corrected chi connectivity index (χ2v) is 5.94. The molecule has 1 atom stereocenters. The highest BCUT2D eigenvalue weighted by Crippen LogP contribution is 2.24. The van der Waals surface area contributed by atoms with E-state index in [0.29, 0.717) is 25.9 Å². The number of furan rings is 1. The van der Waals surface area contributed by atoms with E-state index in [2.05, 4.69) is 20.3 Å². The fourth-order valence-corrected chi connectivity index (χ4v) is 2.89. The molecule has 1 aliphatic rings. The summed E-state index contributed by atoms with van der Waals surface area (Å²) in [6.07, 6.45) is 5.87. The minimum atomic E-state index is -0.216. The average Bonchev–Trinajstić information content (AvgIpc) is 3.28. The molecule has 0 radical (unpaired) electrons. The first-order valence-electron chi connectivity index (χ1n) is 8.56. The molecule has 0 saturated carbocycles. The summed E-state index contributed by atoms with van der Waals surface area (Å²) in [5.41, 5.74) is 0. The van der Waals surface area contributed by atoms with Crippen molar-refractivity contribution in [2.75, 3.05) is 33.3 Å². The lowest BCUT2D eigenvalue weighted by Gasteiger charge is -2.26. The third-order valence-electron chi connectivity index (χ3n) is 4.23. The number of carbonyl (C=O) groups excluding carboxylic acids is 2. The van der Waals surface area contributed by atoms with Gasteiger partial charge in [-0.1, -0.05) is 0 Å². The van der Waals surface area contributed by atoms with Gasteiger partial charge in [-0.3, -0.25) is 9.69 Å². The quantitative estimate of drug-likeness (QED) is 0.532. The van der Waals surface area contributed by atoms with Gasteiger partial charge < -0.3 is 19.8 Å². The van der Waals surface area contributed by atoms with Crippen molar-refractivity contribution in [1.29, 1.82) is 0 Å². The smallest absolute Gasteiger partial charge is 0.314 e. The first kappa shape index (κ1) is 18.3. The summed E-state index contributed by atoms with van der Waals surface area (Å²) < 4.78 is 10.1. The van der Waals surface area contributed by atoms with E-state index in [1.165, 1.54) is 20.0 Å². The Kier molecular flexibility index (Phi) is 7.61. The molecule has 2 N–H and O–H groups in total. The SMILES string of the molecule is COC(=O)CCCCNC(=O)NCC(c1ccco1)N1CCCC1. The van der Waals surface area contributed by atoms with Gasteiger partial charge in [-0.15, -0.1) is 0 Å². The zero-order valence-corrected chi connectivity index (χ0v) is 14.3. The van der Waals surface area contributed by atoms with E-state index >= 15 is 0 Å². The van der Waals surface area contributed by atoms with Gasteiger partial charge >= 0.3 is 12.0 Å². The van der Waals surface area contributed by atoms with Crippen LogP contribution in [0.2, 0.25) is 0 Å². The van der Waals surface area contributed by atoms with Crippen molar-refractivity contribution in [3.05, 3.63) is 24.2 Å². The standard InChI is InChI=1S/C17H27N3O4/c1-23-16(21)8-2-3-9-18-17(22)19-13-14(15-7-6-12-24-15)20-10-4-5-11-20/h6-7,12,14H,2-5,8-11,13H2,1H3,(H2,18,19,22).